The summed E-state index contributed by atoms with van der Waals surface area (Å²) in [5, 5.41) is 5.80. The fraction of sp³-hybridized carbons (Fsp3) is 0.529. The Morgan fingerprint density at radius 3 is 2.50 bits per heavy atom. The summed E-state index contributed by atoms with van der Waals surface area (Å²) in [6.45, 7) is 0.997. The van der Waals surface area contributed by atoms with Gasteiger partial charge in [-0.2, -0.15) is 0 Å². The molecule has 0 unspecified atom stereocenters. The second-order valence-electron chi connectivity index (χ2n) is 6.19. The zero-order valence-electron chi connectivity index (χ0n) is 13.3. The van der Waals surface area contributed by atoms with E-state index in [1.807, 2.05) is 0 Å². The lowest BCUT2D eigenvalue weighted by atomic mass is 10.2. The highest BCUT2D eigenvalue weighted by Gasteiger charge is 2.43. The van der Waals surface area contributed by atoms with Crippen LogP contribution in [-0.2, 0) is 25.6 Å². The SMILES string of the molecule is O=C(NCc1ccc(Cl)cc1)C(=O)NC[C@@H]1COC2(CCCC2)O1. The van der Waals surface area contributed by atoms with Crippen LogP contribution in [0.1, 0.15) is 31.2 Å². The Morgan fingerprint density at radius 1 is 1.12 bits per heavy atom. The first-order valence-electron chi connectivity index (χ1n) is 8.19. The summed E-state index contributed by atoms with van der Waals surface area (Å²) in [4.78, 5) is 23.7. The number of benzene rings is 1. The molecule has 1 atom stereocenters. The summed E-state index contributed by atoms with van der Waals surface area (Å²) in [5.41, 5.74) is 0.872. The van der Waals surface area contributed by atoms with Crippen molar-refractivity contribution in [2.24, 2.45) is 0 Å². The summed E-state index contributed by atoms with van der Waals surface area (Å²) < 4.78 is 11.6. The Balaban J connectivity index is 1.38. The van der Waals surface area contributed by atoms with Crippen LogP contribution in [0.15, 0.2) is 24.3 Å². The minimum Gasteiger partial charge on any atom is -0.347 e. The first-order chi connectivity index (χ1) is 11.6. The molecule has 1 spiro atoms. The van der Waals surface area contributed by atoms with Crippen molar-refractivity contribution < 1.29 is 19.1 Å². The van der Waals surface area contributed by atoms with Gasteiger partial charge >= 0.3 is 11.8 Å². The van der Waals surface area contributed by atoms with E-state index in [0.717, 1.165) is 31.2 Å². The van der Waals surface area contributed by atoms with E-state index in [9.17, 15) is 9.59 Å². The maximum Gasteiger partial charge on any atom is 0.309 e. The van der Waals surface area contributed by atoms with Crippen molar-refractivity contribution in [1.29, 1.82) is 0 Å². The molecule has 0 radical (unpaired) electrons. The molecule has 6 nitrogen and oxygen atoms in total. The van der Waals surface area contributed by atoms with E-state index in [-0.39, 0.29) is 19.2 Å². The molecule has 2 amide bonds. The summed E-state index contributed by atoms with van der Waals surface area (Å²) >= 11 is 5.80. The van der Waals surface area contributed by atoms with E-state index in [2.05, 4.69) is 10.6 Å². The number of nitrogens with one attached hydrogen (secondary N) is 2. The Morgan fingerprint density at radius 2 is 1.79 bits per heavy atom. The van der Waals surface area contributed by atoms with Crippen LogP contribution >= 0.6 is 11.6 Å². The fourth-order valence-corrected chi connectivity index (χ4v) is 3.17. The van der Waals surface area contributed by atoms with Gasteiger partial charge in [-0.1, -0.05) is 23.7 Å². The van der Waals surface area contributed by atoms with Crippen molar-refractivity contribution in [3.8, 4) is 0 Å². The Bertz CT molecular complexity index is 599. The Hall–Kier alpha value is -1.63. The van der Waals surface area contributed by atoms with Crippen molar-refractivity contribution in [3.05, 3.63) is 34.9 Å². The normalized spacial score (nSPS) is 21.8. The molecule has 2 aliphatic rings. The van der Waals surface area contributed by atoms with Gasteiger partial charge in [-0.05, 0) is 30.5 Å². The molecule has 1 heterocycles. The maximum absolute atomic E-state index is 11.8. The third kappa shape index (κ3) is 4.26. The summed E-state index contributed by atoms with van der Waals surface area (Å²) in [7, 11) is 0. The van der Waals surface area contributed by atoms with E-state index in [4.69, 9.17) is 21.1 Å². The average molecular weight is 353 g/mol. The van der Waals surface area contributed by atoms with Gasteiger partial charge in [0.2, 0.25) is 0 Å². The molecule has 2 fully saturated rings. The average Bonchev–Trinajstić information content (AvgIpc) is 3.22. The molecule has 2 N–H and O–H groups in total. The van der Waals surface area contributed by atoms with Crippen molar-refractivity contribution in [2.45, 2.75) is 44.1 Å². The Kier molecular flexibility index (Phi) is 5.38. The van der Waals surface area contributed by atoms with Gasteiger partial charge in [-0.15, -0.1) is 0 Å². The van der Waals surface area contributed by atoms with Crippen LogP contribution in [0.25, 0.3) is 0 Å². The van der Waals surface area contributed by atoms with Crippen molar-refractivity contribution in [3.63, 3.8) is 0 Å². The molecule has 0 bridgehead atoms. The van der Waals surface area contributed by atoms with Gasteiger partial charge in [-0.25, -0.2) is 0 Å². The summed E-state index contributed by atoms with van der Waals surface area (Å²) in [6.07, 6.45) is 3.81. The molecule has 1 aliphatic carbocycles. The molecule has 1 aliphatic heterocycles. The maximum atomic E-state index is 11.8. The van der Waals surface area contributed by atoms with Crippen LogP contribution in [0.4, 0.5) is 0 Å². The van der Waals surface area contributed by atoms with Crippen LogP contribution < -0.4 is 10.6 Å². The van der Waals surface area contributed by atoms with E-state index < -0.39 is 17.6 Å². The van der Waals surface area contributed by atoms with Crippen LogP contribution in [-0.4, -0.2) is 36.9 Å². The standard InChI is InChI=1S/C17H21ClN2O4/c18-13-5-3-12(4-6-13)9-19-15(21)16(22)20-10-14-11-23-17(24-14)7-1-2-8-17/h3-6,14H,1-2,7-11H2,(H,19,21)(H,20,22)/t14-/m1/s1. The molecular weight excluding hydrogens is 332 g/mol. The number of ether oxygens (including phenoxy) is 2. The van der Waals surface area contributed by atoms with Crippen LogP contribution in [0.2, 0.25) is 5.02 Å². The predicted molar refractivity (Wildman–Crippen MR) is 88.3 cm³/mol. The van der Waals surface area contributed by atoms with Crippen molar-refractivity contribution in [1.82, 2.24) is 10.6 Å². The number of hydrogen-bond acceptors (Lipinski definition) is 4. The summed E-state index contributed by atoms with van der Waals surface area (Å²) in [6, 6.07) is 7.06. The van der Waals surface area contributed by atoms with Gasteiger partial charge in [-0.3, -0.25) is 9.59 Å². The molecule has 130 valence electrons. The van der Waals surface area contributed by atoms with Crippen LogP contribution in [0.3, 0.4) is 0 Å². The molecule has 1 saturated heterocycles. The number of halogens is 1. The first-order valence-corrected chi connectivity index (χ1v) is 8.56. The lowest BCUT2D eigenvalue weighted by Gasteiger charge is -2.21. The first kappa shape index (κ1) is 17.2. The molecule has 0 aromatic heterocycles. The lowest BCUT2D eigenvalue weighted by Crippen LogP contribution is -2.43. The largest absolute Gasteiger partial charge is 0.347 e. The minimum absolute atomic E-state index is 0.198. The van der Waals surface area contributed by atoms with E-state index in [1.54, 1.807) is 24.3 Å². The van der Waals surface area contributed by atoms with Crippen LogP contribution in [0, 0.1) is 0 Å². The highest BCUT2D eigenvalue weighted by Crippen LogP contribution is 2.38. The van der Waals surface area contributed by atoms with E-state index >= 15 is 0 Å². The minimum atomic E-state index is -0.667. The second kappa shape index (κ2) is 7.51. The Labute approximate surface area is 145 Å². The van der Waals surface area contributed by atoms with Crippen LogP contribution in [0.5, 0.6) is 0 Å². The fourth-order valence-electron chi connectivity index (χ4n) is 3.04. The van der Waals surface area contributed by atoms with Gasteiger partial charge in [0.05, 0.1) is 6.61 Å². The van der Waals surface area contributed by atoms with Gasteiger partial charge in [0.25, 0.3) is 0 Å². The van der Waals surface area contributed by atoms with Gasteiger partial charge in [0.15, 0.2) is 5.79 Å². The van der Waals surface area contributed by atoms with Gasteiger partial charge in [0, 0.05) is 31.0 Å². The lowest BCUT2D eigenvalue weighted by molar-refractivity contribution is -0.161. The number of carbonyl (C=O) groups excluding carboxylic acids is 2. The van der Waals surface area contributed by atoms with Crippen molar-refractivity contribution in [2.75, 3.05) is 13.2 Å². The number of carbonyl (C=O) groups is 2. The molecule has 7 heteroatoms. The highest BCUT2D eigenvalue weighted by atomic mass is 35.5. The monoisotopic (exact) mass is 352 g/mol. The number of amides is 2. The predicted octanol–water partition coefficient (Wildman–Crippen LogP) is 1.76. The zero-order chi connectivity index (χ0) is 17.0. The molecule has 1 aromatic carbocycles. The summed E-state index contributed by atoms with van der Waals surface area (Å²) in [5.74, 6) is -1.79. The number of hydrogen-bond donors (Lipinski definition) is 2. The van der Waals surface area contributed by atoms with E-state index in [0.29, 0.717) is 11.6 Å². The van der Waals surface area contributed by atoms with Gasteiger partial charge in [0.1, 0.15) is 6.10 Å². The smallest absolute Gasteiger partial charge is 0.309 e. The molecule has 1 saturated carbocycles. The molecular formula is C17H21ClN2O4. The highest BCUT2D eigenvalue weighted by molar-refractivity contribution is 6.35. The molecule has 3 rings (SSSR count). The van der Waals surface area contributed by atoms with Gasteiger partial charge < -0.3 is 20.1 Å². The zero-order valence-corrected chi connectivity index (χ0v) is 14.1. The topological polar surface area (TPSA) is 76.7 Å². The van der Waals surface area contributed by atoms with E-state index in [1.165, 1.54) is 0 Å². The third-order valence-electron chi connectivity index (χ3n) is 4.34. The molecule has 24 heavy (non-hydrogen) atoms. The quantitative estimate of drug-likeness (QED) is 0.809. The number of rotatable bonds is 4. The van der Waals surface area contributed by atoms with Crippen molar-refractivity contribution >= 4 is 23.4 Å². The molecule has 1 aromatic rings. The third-order valence-corrected chi connectivity index (χ3v) is 4.59. The second-order valence-corrected chi connectivity index (χ2v) is 6.62.